The number of hydrogen-bond acceptors (Lipinski definition) is 2. The molecule has 1 aromatic carbocycles. The van der Waals surface area contributed by atoms with Crippen molar-refractivity contribution in [2.45, 2.75) is 20.3 Å². The van der Waals surface area contributed by atoms with E-state index >= 15 is 0 Å². The van der Waals surface area contributed by atoms with E-state index in [4.69, 9.17) is 12.2 Å². The summed E-state index contributed by atoms with van der Waals surface area (Å²) in [4.78, 5) is 0. The van der Waals surface area contributed by atoms with Crippen molar-refractivity contribution < 1.29 is 0 Å². The molecule has 0 atom stereocenters. The summed E-state index contributed by atoms with van der Waals surface area (Å²) in [7, 11) is 1.76. The van der Waals surface area contributed by atoms with E-state index in [9.17, 15) is 0 Å². The Bertz CT molecular complexity index is 382. The van der Waals surface area contributed by atoms with Crippen molar-refractivity contribution in [2.75, 3.05) is 7.05 Å². The van der Waals surface area contributed by atoms with Gasteiger partial charge >= 0.3 is 0 Å². The minimum absolute atomic E-state index is 0.518. The van der Waals surface area contributed by atoms with E-state index in [-0.39, 0.29) is 0 Å². The Hall–Kier alpha value is -1.42. The number of thiocarbonyl (C=S) groups is 1. The van der Waals surface area contributed by atoms with Crippen LogP contribution in [0.2, 0.25) is 0 Å². The molecule has 2 N–H and O–H groups in total. The van der Waals surface area contributed by atoms with E-state index in [1.165, 1.54) is 5.56 Å². The van der Waals surface area contributed by atoms with Crippen molar-refractivity contribution in [3.63, 3.8) is 0 Å². The zero-order valence-corrected chi connectivity index (χ0v) is 10.7. The third kappa shape index (κ3) is 3.62. The summed E-state index contributed by atoms with van der Waals surface area (Å²) in [6.07, 6.45) is 1.05. The van der Waals surface area contributed by atoms with Crippen LogP contribution >= 0.6 is 12.2 Å². The minimum Gasteiger partial charge on any atom is -0.364 e. The quantitative estimate of drug-likeness (QED) is 0.478. The van der Waals surface area contributed by atoms with Gasteiger partial charge in [-0.15, -0.1) is 0 Å². The van der Waals surface area contributed by atoms with Crippen LogP contribution in [0.4, 0.5) is 0 Å². The van der Waals surface area contributed by atoms with Gasteiger partial charge in [0.15, 0.2) is 5.11 Å². The van der Waals surface area contributed by atoms with Gasteiger partial charge in [0.2, 0.25) is 0 Å². The topological polar surface area (TPSA) is 36.4 Å². The molecule has 0 aromatic heterocycles. The summed E-state index contributed by atoms with van der Waals surface area (Å²) in [6.45, 7) is 4.09. The van der Waals surface area contributed by atoms with E-state index < -0.39 is 0 Å². The van der Waals surface area contributed by atoms with Gasteiger partial charge < -0.3 is 5.32 Å². The van der Waals surface area contributed by atoms with E-state index in [1.54, 1.807) is 7.05 Å². The molecular formula is C12H17N3S. The third-order valence-electron chi connectivity index (χ3n) is 2.33. The number of rotatable bonds is 3. The molecule has 0 aliphatic rings. The Kier molecular flexibility index (Phi) is 4.92. The zero-order valence-electron chi connectivity index (χ0n) is 9.87. The van der Waals surface area contributed by atoms with Gasteiger partial charge in [-0.05, 0) is 36.7 Å². The molecule has 0 bridgehead atoms. The molecule has 1 aromatic rings. The Labute approximate surface area is 102 Å². The highest BCUT2D eigenvalue weighted by molar-refractivity contribution is 7.80. The maximum Gasteiger partial charge on any atom is 0.186 e. The molecule has 3 nitrogen and oxygen atoms in total. The standard InChI is InChI=1S/C12H17N3S/c1-4-10-5-7-11(8-6-10)9(2)14-15-12(16)13-3/h5-8H,4H2,1-3H3,(H2,13,15,16)/b14-9-. The first kappa shape index (κ1) is 12.6. The lowest BCUT2D eigenvalue weighted by Crippen LogP contribution is -2.29. The molecule has 0 saturated carbocycles. The average molecular weight is 235 g/mol. The fraction of sp³-hybridized carbons (Fsp3) is 0.333. The van der Waals surface area contributed by atoms with Gasteiger partial charge in [-0.25, -0.2) is 0 Å². The number of nitrogens with zero attached hydrogens (tertiary/aromatic N) is 1. The molecule has 0 aliphatic carbocycles. The van der Waals surface area contributed by atoms with Gasteiger partial charge in [0.05, 0.1) is 5.71 Å². The van der Waals surface area contributed by atoms with Crippen molar-refractivity contribution >= 4 is 23.0 Å². The average Bonchev–Trinajstić information content (AvgIpc) is 2.35. The third-order valence-corrected chi connectivity index (χ3v) is 2.63. The molecule has 0 aliphatic heterocycles. The molecule has 0 saturated heterocycles. The molecule has 4 heteroatoms. The molecule has 16 heavy (non-hydrogen) atoms. The fourth-order valence-corrected chi connectivity index (χ4v) is 1.28. The van der Waals surface area contributed by atoms with Gasteiger partial charge in [0, 0.05) is 7.05 Å². The Morgan fingerprint density at radius 1 is 1.31 bits per heavy atom. The molecule has 0 unspecified atom stereocenters. The summed E-state index contributed by atoms with van der Waals surface area (Å²) < 4.78 is 0. The minimum atomic E-state index is 0.518. The van der Waals surface area contributed by atoms with Crippen LogP contribution in [0.5, 0.6) is 0 Å². The second-order valence-corrected chi connectivity index (χ2v) is 3.85. The molecule has 0 amide bonds. The van der Waals surface area contributed by atoms with E-state index in [2.05, 4.69) is 47.0 Å². The van der Waals surface area contributed by atoms with Crippen LogP contribution in [0.25, 0.3) is 0 Å². The highest BCUT2D eigenvalue weighted by atomic mass is 32.1. The SMILES string of the molecule is CCc1ccc(/C(C)=N\NC(=S)NC)cc1. The summed E-state index contributed by atoms with van der Waals surface area (Å²) in [5.74, 6) is 0. The largest absolute Gasteiger partial charge is 0.364 e. The molecule has 86 valence electrons. The molecule has 1 rings (SSSR count). The summed E-state index contributed by atoms with van der Waals surface area (Å²) in [6, 6.07) is 8.37. The van der Waals surface area contributed by atoms with Gasteiger partial charge in [0.25, 0.3) is 0 Å². The lowest BCUT2D eigenvalue weighted by molar-refractivity contribution is 0.974. The van der Waals surface area contributed by atoms with E-state index in [1.807, 2.05) is 6.92 Å². The number of aryl methyl sites for hydroxylation is 1. The first-order chi connectivity index (χ1) is 7.67. The molecule has 0 fully saturated rings. The predicted molar refractivity (Wildman–Crippen MR) is 72.8 cm³/mol. The van der Waals surface area contributed by atoms with Crippen LogP contribution in [0.15, 0.2) is 29.4 Å². The van der Waals surface area contributed by atoms with Gasteiger partial charge in [0.1, 0.15) is 0 Å². The predicted octanol–water partition coefficient (Wildman–Crippen LogP) is 2.07. The van der Waals surface area contributed by atoms with Crippen LogP contribution in [0.3, 0.4) is 0 Å². The van der Waals surface area contributed by atoms with Crippen molar-refractivity contribution in [1.29, 1.82) is 0 Å². The van der Waals surface area contributed by atoms with Gasteiger partial charge in [-0.1, -0.05) is 31.2 Å². The first-order valence-electron chi connectivity index (χ1n) is 5.28. The van der Waals surface area contributed by atoms with Crippen LogP contribution < -0.4 is 10.7 Å². The smallest absolute Gasteiger partial charge is 0.186 e. The van der Waals surface area contributed by atoms with Gasteiger partial charge in [-0.2, -0.15) is 5.10 Å². The summed E-state index contributed by atoms with van der Waals surface area (Å²) >= 11 is 4.93. The van der Waals surface area contributed by atoms with Crippen molar-refractivity contribution in [1.82, 2.24) is 10.7 Å². The second kappa shape index (κ2) is 6.23. The van der Waals surface area contributed by atoms with Crippen LogP contribution in [0.1, 0.15) is 25.0 Å². The number of nitrogens with one attached hydrogen (secondary N) is 2. The van der Waals surface area contributed by atoms with Crippen molar-refractivity contribution in [2.24, 2.45) is 5.10 Å². The summed E-state index contributed by atoms with van der Waals surface area (Å²) in [5, 5.41) is 7.50. The van der Waals surface area contributed by atoms with E-state index in [0.717, 1.165) is 17.7 Å². The molecule has 0 radical (unpaired) electrons. The lowest BCUT2D eigenvalue weighted by Gasteiger charge is -2.04. The van der Waals surface area contributed by atoms with Gasteiger partial charge in [-0.3, -0.25) is 5.43 Å². The Balaban J connectivity index is 2.71. The number of hydrogen-bond donors (Lipinski definition) is 2. The van der Waals surface area contributed by atoms with Crippen molar-refractivity contribution in [3.05, 3.63) is 35.4 Å². The summed E-state index contributed by atoms with van der Waals surface area (Å²) in [5.41, 5.74) is 6.11. The molecular weight excluding hydrogens is 218 g/mol. The van der Waals surface area contributed by atoms with Crippen molar-refractivity contribution in [3.8, 4) is 0 Å². The first-order valence-corrected chi connectivity index (χ1v) is 5.69. The Morgan fingerprint density at radius 3 is 2.44 bits per heavy atom. The second-order valence-electron chi connectivity index (χ2n) is 3.44. The van der Waals surface area contributed by atoms with Crippen LogP contribution in [-0.2, 0) is 6.42 Å². The zero-order chi connectivity index (χ0) is 12.0. The molecule has 0 spiro atoms. The maximum atomic E-state index is 4.93. The van der Waals surface area contributed by atoms with Crippen LogP contribution in [-0.4, -0.2) is 17.9 Å². The van der Waals surface area contributed by atoms with Crippen LogP contribution in [0, 0.1) is 0 Å². The lowest BCUT2D eigenvalue weighted by atomic mass is 10.1. The number of benzene rings is 1. The Morgan fingerprint density at radius 2 is 1.94 bits per heavy atom. The monoisotopic (exact) mass is 235 g/mol. The normalized spacial score (nSPS) is 11.1. The number of hydrazone groups is 1. The maximum absolute atomic E-state index is 4.93. The van der Waals surface area contributed by atoms with E-state index in [0.29, 0.717) is 5.11 Å². The highest BCUT2D eigenvalue weighted by Gasteiger charge is 1.97. The highest BCUT2D eigenvalue weighted by Crippen LogP contribution is 2.05. The fourth-order valence-electron chi connectivity index (χ4n) is 1.24. The molecule has 0 heterocycles.